The molecule has 1 unspecified atom stereocenters. The quantitative estimate of drug-likeness (QED) is 0.618. The maximum atomic E-state index is 11.9. The van der Waals surface area contributed by atoms with Crippen LogP contribution in [-0.4, -0.2) is 11.2 Å². The van der Waals surface area contributed by atoms with Crippen molar-refractivity contribution >= 4 is 6.21 Å². The number of nitrogens with zero attached hydrogens (tertiary/aromatic N) is 1. The van der Waals surface area contributed by atoms with Crippen LogP contribution in [0.3, 0.4) is 0 Å². The number of allylic oxidation sites excluding steroid dienone is 2. The van der Waals surface area contributed by atoms with Crippen LogP contribution >= 0.6 is 0 Å². The molecule has 1 heterocycles. The lowest BCUT2D eigenvalue weighted by atomic mass is 9.63. The summed E-state index contributed by atoms with van der Waals surface area (Å²) in [6.07, 6.45) is 15.2. The van der Waals surface area contributed by atoms with Gasteiger partial charge < -0.3 is 4.98 Å². The molecule has 1 aromatic heterocycles. The van der Waals surface area contributed by atoms with E-state index in [9.17, 15) is 4.79 Å². The maximum Gasteiger partial charge on any atom is 0.248 e. The van der Waals surface area contributed by atoms with Crippen molar-refractivity contribution in [1.29, 1.82) is 0 Å². The molecular formula is C22H28N2O. The number of rotatable bonds is 2. The Balaban J connectivity index is 1.84. The van der Waals surface area contributed by atoms with Crippen molar-refractivity contribution in [3.63, 3.8) is 0 Å². The summed E-state index contributed by atoms with van der Waals surface area (Å²) in [6, 6.07) is 3.68. The van der Waals surface area contributed by atoms with Gasteiger partial charge in [-0.05, 0) is 50.7 Å². The minimum Gasteiger partial charge on any atom is -0.326 e. The first-order valence-corrected chi connectivity index (χ1v) is 9.74. The fraction of sp³-hybridized carbons (Fsp3) is 0.545. The first-order chi connectivity index (χ1) is 12.1. The third kappa shape index (κ3) is 2.84. The molecule has 0 aromatic carbocycles. The van der Waals surface area contributed by atoms with Crippen molar-refractivity contribution < 1.29 is 0 Å². The van der Waals surface area contributed by atoms with E-state index >= 15 is 0 Å². The number of pyridine rings is 1. The van der Waals surface area contributed by atoms with Gasteiger partial charge in [0.25, 0.3) is 0 Å². The zero-order valence-electron chi connectivity index (χ0n) is 15.3. The fourth-order valence-electron chi connectivity index (χ4n) is 5.17. The SMILES string of the molecule is C/C=C1\C2C=C(C)C[C@@]1(N=CC1CCCCC1)c1ccc(=O)[nH]c1C2. The van der Waals surface area contributed by atoms with E-state index in [0.717, 1.165) is 18.5 Å². The first-order valence-electron chi connectivity index (χ1n) is 9.74. The molecule has 3 aliphatic carbocycles. The maximum absolute atomic E-state index is 11.9. The molecule has 1 N–H and O–H groups in total. The zero-order valence-corrected chi connectivity index (χ0v) is 15.3. The summed E-state index contributed by atoms with van der Waals surface area (Å²) in [5.41, 5.74) is 4.78. The van der Waals surface area contributed by atoms with E-state index < -0.39 is 0 Å². The lowest BCUT2D eigenvalue weighted by molar-refractivity contribution is 0.403. The van der Waals surface area contributed by atoms with Crippen LogP contribution in [0.2, 0.25) is 0 Å². The molecular weight excluding hydrogens is 308 g/mol. The predicted octanol–water partition coefficient (Wildman–Crippen LogP) is 4.69. The van der Waals surface area contributed by atoms with Crippen LogP contribution in [0, 0.1) is 11.8 Å². The van der Waals surface area contributed by atoms with Crippen LogP contribution in [0.4, 0.5) is 0 Å². The average Bonchev–Trinajstić information content (AvgIpc) is 2.60. The third-order valence-corrected chi connectivity index (χ3v) is 6.23. The van der Waals surface area contributed by atoms with Gasteiger partial charge in [-0.15, -0.1) is 0 Å². The van der Waals surface area contributed by atoms with Crippen molar-refractivity contribution in [3.05, 3.63) is 57.0 Å². The van der Waals surface area contributed by atoms with Gasteiger partial charge in [0.2, 0.25) is 5.56 Å². The van der Waals surface area contributed by atoms with Gasteiger partial charge >= 0.3 is 0 Å². The summed E-state index contributed by atoms with van der Waals surface area (Å²) in [5.74, 6) is 0.965. The Morgan fingerprint density at radius 2 is 2.04 bits per heavy atom. The second-order valence-corrected chi connectivity index (χ2v) is 8.00. The van der Waals surface area contributed by atoms with Gasteiger partial charge in [-0.2, -0.15) is 0 Å². The third-order valence-electron chi connectivity index (χ3n) is 6.23. The zero-order chi connectivity index (χ0) is 17.4. The highest BCUT2D eigenvalue weighted by Gasteiger charge is 2.46. The number of hydrogen-bond acceptors (Lipinski definition) is 2. The molecule has 3 heteroatoms. The number of hydrogen-bond donors (Lipinski definition) is 1. The molecule has 132 valence electrons. The molecule has 0 radical (unpaired) electrons. The summed E-state index contributed by atoms with van der Waals surface area (Å²) in [6.45, 7) is 4.36. The Hall–Kier alpha value is -1.90. The molecule has 1 aromatic rings. The van der Waals surface area contributed by atoms with Crippen LogP contribution in [0.25, 0.3) is 0 Å². The average molecular weight is 336 g/mol. The Kier molecular flexibility index (Phi) is 4.26. The van der Waals surface area contributed by atoms with Crippen LogP contribution in [-0.2, 0) is 12.0 Å². The molecule has 3 aliphatic rings. The molecule has 25 heavy (non-hydrogen) atoms. The van der Waals surface area contributed by atoms with E-state index in [2.05, 4.69) is 37.2 Å². The number of aliphatic imine (C=N–C) groups is 1. The van der Waals surface area contributed by atoms with Crippen molar-refractivity contribution in [2.24, 2.45) is 16.8 Å². The van der Waals surface area contributed by atoms with Crippen molar-refractivity contribution in [2.45, 2.75) is 64.3 Å². The molecule has 1 fully saturated rings. The number of nitrogens with one attached hydrogen (secondary N) is 1. The fourth-order valence-corrected chi connectivity index (χ4v) is 5.17. The van der Waals surface area contributed by atoms with Crippen LogP contribution in [0.5, 0.6) is 0 Å². The topological polar surface area (TPSA) is 45.2 Å². The highest BCUT2D eigenvalue weighted by molar-refractivity contribution is 5.64. The highest BCUT2D eigenvalue weighted by atomic mass is 16.1. The Morgan fingerprint density at radius 1 is 1.24 bits per heavy atom. The van der Waals surface area contributed by atoms with E-state index in [1.165, 1.54) is 48.8 Å². The standard InChI is InChI=1S/C22H28N2O/c1-3-18-17-11-15(2)13-22(18,23-14-16-7-5-4-6-8-16)19-9-10-21(25)24-20(19)12-17/h3,9-11,14,16-17H,4-8,12-13H2,1-2H3,(H,24,25)/b18-3+,23-14?/t17?,22-/m0/s1. The molecule has 0 aliphatic heterocycles. The number of aromatic nitrogens is 1. The van der Waals surface area contributed by atoms with E-state index in [-0.39, 0.29) is 11.1 Å². The molecule has 1 saturated carbocycles. The number of aromatic amines is 1. The van der Waals surface area contributed by atoms with E-state index in [4.69, 9.17) is 4.99 Å². The second kappa shape index (κ2) is 6.44. The van der Waals surface area contributed by atoms with Crippen LogP contribution in [0.15, 0.2) is 45.2 Å². The minimum absolute atomic E-state index is 0.00661. The first kappa shape index (κ1) is 16.6. The monoisotopic (exact) mass is 336 g/mol. The lowest BCUT2D eigenvalue weighted by Crippen LogP contribution is -2.40. The summed E-state index contributed by atoms with van der Waals surface area (Å²) in [4.78, 5) is 20.2. The van der Waals surface area contributed by atoms with E-state index in [1.54, 1.807) is 6.07 Å². The van der Waals surface area contributed by atoms with Crippen molar-refractivity contribution in [1.82, 2.24) is 4.98 Å². The van der Waals surface area contributed by atoms with Gasteiger partial charge in [0.1, 0.15) is 5.54 Å². The second-order valence-electron chi connectivity index (χ2n) is 8.00. The summed E-state index contributed by atoms with van der Waals surface area (Å²) in [7, 11) is 0. The summed E-state index contributed by atoms with van der Waals surface area (Å²) in [5, 5.41) is 0. The highest BCUT2D eigenvalue weighted by Crippen LogP contribution is 2.52. The molecule has 0 saturated heterocycles. The molecule has 0 spiro atoms. The van der Waals surface area contributed by atoms with E-state index in [1.807, 2.05) is 6.07 Å². The van der Waals surface area contributed by atoms with Gasteiger partial charge in [-0.25, -0.2) is 0 Å². The molecule has 2 bridgehead atoms. The van der Waals surface area contributed by atoms with Gasteiger partial charge in [-0.1, -0.05) is 37.0 Å². The van der Waals surface area contributed by atoms with Gasteiger partial charge in [-0.3, -0.25) is 9.79 Å². The summed E-state index contributed by atoms with van der Waals surface area (Å²) < 4.78 is 0. The number of H-pyrrole nitrogens is 1. The Labute approximate surface area is 150 Å². The van der Waals surface area contributed by atoms with Crippen molar-refractivity contribution in [2.75, 3.05) is 0 Å². The van der Waals surface area contributed by atoms with Crippen molar-refractivity contribution in [3.8, 4) is 0 Å². The van der Waals surface area contributed by atoms with Gasteiger partial charge in [0, 0.05) is 35.9 Å². The molecule has 0 amide bonds. The predicted molar refractivity (Wildman–Crippen MR) is 103 cm³/mol. The Morgan fingerprint density at radius 3 is 2.80 bits per heavy atom. The van der Waals surface area contributed by atoms with Crippen LogP contribution < -0.4 is 5.56 Å². The normalized spacial score (nSPS) is 31.2. The smallest absolute Gasteiger partial charge is 0.248 e. The van der Waals surface area contributed by atoms with Crippen LogP contribution in [0.1, 0.15) is 63.6 Å². The largest absolute Gasteiger partial charge is 0.326 e. The van der Waals surface area contributed by atoms with E-state index in [0.29, 0.717) is 11.8 Å². The lowest BCUT2D eigenvalue weighted by Gasteiger charge is -2.45. The van der Waals surface area contributed by atoms with Gasteiger partial charge in [0.15, 0.2) is 0 Å². The molecule has 2 atom stereocenters. The minimum atomic E-state index is -0.312. The Bertz CT molecular complexity index is 808. The molecule has 4 rings (SSSR count). The summed E-state index contributed by atoms with van der Waals surface area (Å²) >= 11 is 0. The van der Waals surface area contributed by atoms with Gasteiger partial charge in [0.05, 0.1) is 0 Å². The number of fused-ring (bicyclic) bond motifs is 4. The molecule has 3 nitrogen and oxygen atoms in total.